The lowest BCUT2D eigenvalue weighted by molar-refractivity contribution is -0.131. The lowest BCUT2D eigenvalue weighted by Crippen LogP contribution is -2.03. The number of rotatable bonds is 4. The van der Waals surface area contributed by atoms with E-state index in [4.69, 9.17) is 21.1 Å². The van der Waals surface area contributed by atoms with E-state index in [0.717, 1.165) is 5.56 Å². The number of hydrogen-bond acceptors (Lipinski definition) is 4. The Morgan fingerprint density at radius 1 is 1.10 bits per heavy atom. The van der Waals surface area contributed by atoms with Crippen molar-refractivity contribution in [3.8, 4) is 22.6 Å². The second-order valence-corrected chi connectivity index (χ2v) is 4.65. The van der Waals surface area contributed by atoms with Gasteiger partial charge in [0.25, 0.3) is 5.24 Å². The van der Waals surface area contributed by atoms with Crippen molar-refractivity contribution in [1.82, 2.24) is 0 Å². The van der Waals surface area contributed by atoms with E-state index in [1.54, 1.807) is 37.4 Å². The first-order valence-corrected chi connectivity index (χ1v) is 6.56. The fourth-order valence-electron chi connectivity index (χ4n) is 1.91. The van der Waals surface area contributed by atoms with E-state index < -0.39 is 11.2 Å². The van der Waals surface area contributed by atoms with Gasteiger partial charge in [-0.3, -0.25) is 9.59 Å². The number of carbonyl (C=O) groups is 2. The summed E-state index contributed by atoms with van der Waals surface area (Å²) < 4.78 is 10.3. The maximum absolute atomic E-state index is 11.3. The molecule has 0 heterocycles. The molecule has 5 heteroatoms. The molecule has 0 unspecified atom stereocenters. The van der Waals surface area contributed by atoms with Crippen molar-refractivity contribution < 1.29 is 19.1 Å². The van der Waals surface area contributed by atoms with Crippen LogP contribution in [-0.2, 0) is 4.79 Å². The Bertz CT molecular complexity index is 694. The maximum atomic E-state index is 11.3. The molecule has 0 saturated carbocycles. The smallest absolute Gasteiger partial charge is 0.308 e. The number of benzene rings is 2. The fraction of sp³-hybridized carbons (Fsp3) is 0.125. The van der Waals surface area contributed by atoms with Gasteiger partial charge in [0.15, 0.2) is 0 Å². The monoisotopic (exact) mass is 304 g/mol. The Kier molecular flexibility index (Phi) is 4.60. The van der Waals surface area contributed by atoms with E-state index in [2.05, 4.69) is 0 Å². The molecule has 0 N–H and O–H groups in total. The molecule has 0 aliphatic rings. The lowest BCUT2D eigenvalue weighted by atomic mass is 10.0. The van der Waals surface area contributed by atoms with Crippen LogP contribution in [0, 0.1) is 0 Å². The summed E-state index contributed by atoms with van der Waals surface area (Å²) in [4.78, 5) is 22.5. The summed E-state index contributed by atoms with van der Waals surface area (Å²) in [7, 11) is 1.56. The third-order valence-corrected chi connectivity index (χ3v) is 3.06. The Morgan fingerprint density at radius 3 is 2.48 bits per heavy atom. The minimum absolute atomic E-state index is 0.324. The highest BCUT2D eigenvalue weighted by atomic mass is 35.5. The molecule has 21 heavy (non-hydrogen) atoms. The van der Waals surface area contributed by atoms with Crippen LogP contribution in [0.5, 0.6) is 11.5 Å². The zero-order valence-electron chi connectivity index (χ0n) is 11.6. The van der Waals surface area contributed by atoms with E-state index in [-0.39, 0.29) is 0 Å². The van der Waals surface area contributed by atoms with Crippen LogP contribution in [0.4, 0.5) is 0 Å². The van der Waals surface area contributed by atoms with Gasteiger partial charge in [0.05, 0.1) is 7.11 Å². The summed E-state index contributed by atoms with van der Waals surface area (Å²) in [5.41, 5.74) is 1.67. The molecule has 2 rings (SSSR count). The van der Waals surface area contributed by atoms with Gasteiger partial charge >= 0.3 is 5.97 Å². The third-order valence-electron chi connectivity index (χ3n) is 2.84. The van der Waals surface area contributed by atoms with Crippen LogP contribution in [0.3, 0.4) is 0 Å². The number of halogens is 1. The average Bonchev–Trinajstić information content (AvgIpc) is 2.47. The van der Waals surface area contributed by atoms with Crippen LogP contribution in [0.15, 0.2) is 42.5 Å². The minimum Gasteiger partial charge on any atom is -0.497 e. The molecule has 4 nitrogen and oxygen atoms in total. The normalized spacial score (nSPS) is 10.0. The molecular formula is C16H13ClO4. The van der Waals surface area contributed by atoms with Crippen LogP contribution < -0.4 is 9.47 Å². The standard InChI is InChI=1S/C16H13ClO4/c1-10(18)21-15-7-6-12(16(17)19)9-14(15)11-4-3-5-13(8-11)20-2/h3-9H,1-2H3. The van der Waals surface area contributed by atoms with Crippen LogP contribution >= 0.6 is 11.6 Å². The number of esters is 1. The SMILES string of the molecule is COc1cccc(-c2cc(C(=O)Cl)ccc2OC(C)=O)c1. The predicted molar refractivity (Wildman–Crippen MR) is 79.9 cm³/mol. The number of carbonyl (C=O) groups excluding carboxylic acids is 2. The maximum Gasteiger partial charge on any atom is 0.308 e. The van der Waals surface area contributed by atoms with Gasteiger partial charge in [-0.15, -0.1) is 0 Å². The van der Waals surface area contributed by atoms with E-state index in [9.17, 15) is 9.59 Å². The molecule has 0 bridgehead atoms. The summed E-state index contributed by atoms with van der Waals surface area (Å²) in [5, 5.41) is -0.575. The quantitative estimate of drug-likeness (QED) is 0.491. The molecule has 0 fully saturated rings. The van der Waals surface area contributed by atoms with E-state index in [1.165, 1.54) is 13.0 Å². The molecule has 0 spiro atoms. The highest BCUT2D eigenvalue weighted by Gasteiger charge is 2.13. The number of ether oxygens (including phenoxy) is 2. The highest BCUT2D eigenvalue weighted by Crippen LogP contribution is 2.33. The molecule has 0 aliphatic carbocycles. The molecule has 0 amide bonds. The summed E-state index contributed by atoms with van der Waals surface area (Å²) in [5.74, 6) is 0.574. The van der Waals surface area contributed by atoms with Crippen molar-refractivity contribution in [3.05, 3.63) is 48.0 Å². The first-order chi connectivity index (χ1) is 10.0. The second kappa shape index (κ2) is 6.41. The van der Waals surface area contributed by atoms with E-state index >= 15 is 0 Å². The molecule has 0 saturated heterocycles. The Hall–Kier alpha value is -2.33. The van der Waals surface area contributed by atoms with E-state index in [0.29, 0.717) is 22.6 Å². The van der Waals surface area contributed by atoms with Gasteiger partial charge in [0, 0.05) is 18.1 Å². The van der Waals surface area contributed by atoms with Gasteiger partial charge in [0.1, 0.15) is 11.5 Å². The summed E-state index contributed by atoms with van der Waals surface area (Å²) in [6.07, 6.45) is 0. The molecule has 0 atom stereocenters. The van der Waals surface area contributed by atoms with Gasteiger partial charge in [-0.25, -0.2) is 0 Å². The molecule has 0 radical (unpaired) electrons. The van der Waals surface area contributed by atoms with E-state index in [1.807, 2.05) is 6.07 Å². The van der Waals surface area contributed by atoms with Crippen molar-refractivity contribution >= 4 is 22.8 Å². The van der Waals surface area contributed by atoms with Gasteiger partial charge in [-0.2, -0.15) is 0 Å². The summed E-state index contributed by atoms with van der Waals surface area (Å²) in [6.45, 7) is 1.32. The predicted octanol–water partition coefficient (Wildman–Crippen LogP) is 3.67. The third kappa shape index (κ3) is 3.61. The Morgan fingerprint density at radius 2 is 1.86 bits per heavy atom. The van der Waals surface area contributed by atoms with Crippen molar-refractivity contribution in [2.45, 2.75) is 6.92 Å². The molecule has 108 valence electrons. The first-order valence-electron chi connectivity index (χ1n) is 6.18. The Balaban J connectivity index is 2.58. The van der Waals surface area contributed by atoms with Gasteiger partial charge in [0.2, 0.25) is 0 Å². The van der Waals surface area contributed by atoms with Crippen LogP contribution in [0.25, 0.3) is 11.1 Å². The van der Waals surface area contributed by atoms with Gasteiger partial charge < -0.3 is 9.47 Å². The fourth-order valence-corrected chi connectivity index (χ4v) is 2.03. The van der Waals surface area contributed by atoms with Crippen molar-refractivity contribution in [2.24, 2.45) is 0 Å². The Labute approximate surface area is 127 Å². The largest absolute Gasteiger partial charge is 0.497 e. The van der Waals surface area contributed by atoms with Gasteiger partial charge in [-0.1, -0.05) is 12.1 Å². The van der Waals surface area contributed by atoms with Crippen molar-refractivity contribution in [3.63, 3.8) is 0 Å². The van der Waals surface area contributed by atoms with Crippen molar-refractivity contribution in [1.29, 1.82) is 0 Å². The molecule has 0 aliphatic heterocycles. The molecule has 2 aromatic rings. The minimum atomic E-state index is -0.575. The highest BCUT2D eigenvalue weighted by molar-refractivity contribution is 6.67. The van der Waals surface area contributed by atoms with Crippen LogP contribution in [0.1, 0.15) is 17.3 Å². The number of hydrogen-bond donors (Lipinski definition) is 0. The summed E-state index contributed by atoms with van der Waals surface area (Å²) >= 11 is 5.51. The molecular weight excluding hydrogens is 292 g/mol. The summed E-state index contributed by atoms with van der Waals surface area (Å²) in [6, 6.07) is 11.9. The lowest BCUT2D eigenvalue weighted by Gasteiger charge is -2.11. The topological polar surface area (TPSA) is 52.6 Å². The second-order valence-electron chi connectivity index (χ2n) is 4.31. The molecule has 2 aromatic carbocycles. The van der Waals surface area contributed by atoms with Crippen molar-refractivity contribution in [2.75, 3.05) is 7.11 Å². The number of methoxy groups -OCH3 is 1. The van der Waals surface area contributed by atoms with Crippen LogP contribution in [-0.4, -0.2) is 18.3 Å². The van der Waals surface area contributed by atoms with Gasteiger partial charge in [-0.05, 0) is 47.5 Å². The molecule has 0 aromatic heterocycles. The zero-order valence-corrected chi connectivity index (χ0v) is 12.3. The first kappa shape index (κ1) is 15.1. The zero-order chi connectivity index (χ0) is 15.4. The van der Waals surface area contributed by atoms with Crippen LogP contribution in [0.2, 0.25) is 0 Å². The average molecular weight is 305 g/mol.